The van der Waals surface area contributed by atoms with E-state index < -0.39 is 0 Å². The van der Waals surface area contributed by atoms with Crippen LogP contribution < -0.4 is 11.2 Å². The quantitative estimate of drug-likeness (QED) is 0.707. The summed E-state index contributed by atoms with van der Waals surface area (Å²) >= 11 is 1.43. The number of hydrogen-bond acceptors (Lipinski definition) is 6. The van der Waals surface area contributed by atoms with Crippen molar-refractivity contribution in [1.82, 2.24) is 20.0 Å². The number of carbonyl (C=O) groups is 1. The maximum absolute atomic E-state index is 11.0. The third-order valence-electron chi connectivity index (χ3n) is 3.90. The van der Waals surface area contributed by atoms with Crippen molar-refractivity contribution in [2.24, 2.45) is 15.8 Å². The molecule has 136 valence electrons. The lowest BCUT2D eigenvalue weighted by atomic mass is 10.1. The largest absolute Gasteiger partial charge is 0.369 e. The van der Waals surface area contributed by atoms with Crippen molar-refractivity contribution in [3.63, 3.8) is 0 Å². The molecule has 0 spiro atoms. The first-order valence-corrected chi connectivity index (χ1v) is 9.16. The molecule has 1 aliphatic heterocycles. The minimum absolute atomic E-state index is 0.229. The fraction of sp³-hybridized carbons (Fsp3) is 0.167. The van der Waals surface area contributed by atoms with Crippen LogP contribution in [0.2, 0.25) is 0 Å². The first kappa shape index (κ1) is 17.2. The van der Waals surface area contributed by atoms with E-state index in [9.17, 15) is 4.79 Å². The van der Waals surface area contributed by atoms with E-state index in [1.807, 2.05) is 49.5 Å². The Bertz CT molecular complexity index is 1070. The number of aliphatic imine (C=N–C) groups is 1. The first-order valence-electron chi connectivity index (χ1n) is 8.34. The molecule has 3 heterocycles. The van der Waals surface area contributed by atoms with Crippen LogP contribution in [-0.2, 0) is 11.2 Å². The number of amides is 1. The highest BCUT2D eigenvalue weighted by Gasteiger charge is 2.13. The molecule has 1 amide bonds. The average Bonchev–Trinajstić information content (AvgIpc) is 3.25. The van der Waals surface area contributed by atoms with Gasteiger partial charge in [-0.25, -0.2) is 9.51 Å². The molecule has 8 nitrogen and oxygen atoms in total. The molecular weight excluding hydrogens is 362 g/mol. The lowest BCUT2D eigenvalue weighted by Crippen LogP contribution is -2.13. The first-order chi connectivity index (χ1) is 13.1. The Morgan fingerprint density at radius 1 is 1.33 bits per heavy atom. The van der Waals surface area contributed by atoms with Gasteiger partial charge in [0, 0.05) is 23.2 Å². The van der Waals surface area contributed by atoms with Crippen molar-refractivity contribution in [2.75, 3.05) is 0 Å². The molecule has 3 N–H and O–H groups in total. The van der Waals surface area contributed by atoms with Crippen molar-refractivity contribution >= 4 is 40.6 Å². The van der Waals surface area contributed by atoms with E-state index in [1.54, 1.807) is 4.52 Å². The lowest BCUT2D eigenvalue weighted by Gasteiger charge is -2.06. The van der Waals surface area contributed by atoms with Gasteiger partial charge in [-0.1, -0.05) is 12.1 Å². The molecule has 4 rings (SSSR count). The van der Waals surface area contributed by atoms with Gasteiger partial charge in [0.2, 0.25) is 11.1 Å². The fourth-order valence-electron chi connectivity index (χ4n) is 2.68. The highest BCUT2D eigenvalue weighted by Crippen LogP contribution is 2.28. The molecule has 0 unspecified atom stereocenters. The van der Waals surface area contributed by atoms with Gasteiger partial charge in [-0.05, 0) is 48.5 Å². The third-order valence-corrected chi connectivity index (χ3v) is 4.77. The van der Waals surface area contributed by atoms with Crippen molar-refractivity contribution in [3.05, 3.63) is 48.2 Å². The number of amidine groups is 1. The zero-order valence-corrected chi connectivity index (χ0v) is 15.4. The Kier molecular flexibility index (Phi) is 4.59. The average molecular weight is 379 g/mol. The van der Waals surface area contributed by atoms with E-state index in [1.165, 1.54) is 11.8 Å². The number of nitrogens with one attached hydrogen (secondary N) is 1. The Morgan fingerprint density at radius 3 is 2.85 bits per heavy atom. The summed E-state index contributed by atoms with van der Waals surface area (Å²) < 4.78 is 1.76. The number of hydrazone groups is 1. The second-order valence-electron chi connectivity index (χ2n) is 6.14. The monoisotopic (exact) mass is 379 g/mol. The van der Waals surface area contributed by atoms with Gasteiger partial charge in [0.25, 0.3) is 0 Å². The van der Waals surface area contributed by atoms with E-state index in [-0.39, 0.29) is 12.3 Å². The number of aromatic nitrogens is 3. The van der Waals surface area contributed by atoms with Crippen LogP contribution in [0.4, 0.5) is 5.82 Å². The summed E-state index contributed by atoms with van der Waals surface area (Å²) in [5.41, 5.74) is 10.8. The van der Waals surface area contributed by atoms with E-state index in [4.69, 9.17) is 5.73 Å². The van der Waals surface area contributed by atoms with Crippen LogP contribution in [0.15, 0.2) is 62.7 Å². The van der Waals surface area contributed by atoms with Gasteiger partial charge < -0.3 is 5.73 Å². The molecule has 2 aromatic heterocycles. The van der Waals surface area contributed by atoms with Gasteiger partial charge in [-0.3, -0.25) is 10.2 Å². The van der Waals surface area contributed by atoms with Crippen molar-refractivity contribution < 1.29 is 4.79 Å². The van der Waals surface area contributed by atoms with Crippen molar-refractivity contribution in [1.29, 1.82) is 0 Å². The summed E-state index contributed by atoms with van der Waals surface area (Å²) in [4.78, 5) is 21.2. The Balaban J connectivity index is 1.61. The van der Waals surface area contributed by atoms with Gasteiger partial charge in [0.1, 0.15) is 11.4 Å². The van der Waals surface area contributed by atoms with Crippen LogP contribution in [0, 0.1) is 0 Å². The molecule has 3 aromatic rings. The fourth-order valence-corrected chi connectivity index (χ4v) is 3.42. The van der Waals surface area contributed by atoms with Gasteiger partial charge in [-0.2, -0.15) is 10.1 Å². The molecule has 1 aromatic carbocycles. The van der Waals surface area contributed by atoms with Crippen LogP contribution in [0.3, 0.4) is 0 Å². The highest BCUT2D eigenvalue weighted by atomic mass is 32.2. The summed E-state index contributed by atoms with van der Waals surface area (Å²) in [5, 5.41) is 9.26. The molecule has 9 heteroatoms. The zero-order valence-electron chi connectivity index (χ0n) is 14.6. The lowest BCUT2D eigenvalue weighted by molar-refractivity contribution is -0.117. The summed E-state index contributed by atoms with van der Waals surface area (Å²) in [6.07, 6.45) is 2.78. The molecule has 0 aliphatic carbocycles. The van der Waals surface area contributed by atoms with Crippen LogP contribution >= 0.6 is 11.8 Å². The normalized spacial score (nSPS) is 15.1. The Hall–Kier alpha value is -3.20. The third kappa shape index (κ3) is 3.98. The van der Waals surface area contributed by atoms with E-state index in [0.29, 0.717) is 17.4 Å². The van der Waals surface area contributed by atoms with E-state index >= 15 is 0 Å². The van der Waals surface area contributed by atoms with E-state index in [0.717, 1.165) is 27.5 Å². The van der Waals surface area contributed by atoms with Crippen LogP contribution in [-0.4, -0.2) is 32.1 Å². The summed E-state index contributed by atoms with van der Waals surface area (Å²) in [6, 6.07) is 11.4. The molecule has 0 atom stereocenters. The standard InChI is InChI=1S/C18H17N7OS/c1-11-9-16(23-22-11)20-17-14-3-2-8-25(14)24-18(21-17)27-13-6-4-12(5-7-13)10-15(19)26/h2-8H,9-10H2,1H3,(H2,19,26)(H,20,21,23,24). The maximum Gasteiger partial charge on any atom is 0.221 e. The number of nitrogens with two attached hydrogens (primary N) is 1. The van der Waals surface area contributed by atoms with Gasteiger partial charge in [0.15, 0.2) is 5.82 Å². The van der Waals surface area contributed by atoms with Gasteiger partial charge >= 0.3 is 0 Å². The topological polar surface area (TPSA) is 110 Å². The molecular formula is C18H17N7OS. The number of carbonyl (C=O) groups excluding carboxylic acids is 1. The molecule has 27 heavy (non-hydrogen) atoms. The smallest absolute Gasteiger partial charge is 0.221 e. The van der Waals surface area contributed by atoms with Gasteiger partial charge in [-0.15, -0.1) is 5.10 Å². The molecule has 0 fully saturated rings. The number of rotatable bonds is 5. The summed E-state index contributed by atoms with van der Waals surface area (Å²) in [7, 11) is 0. The number of primary amides is 1. The maximum atomic E-state index is 11.0. The molecule has 0 radical (unpaired) electrons. The minimum Gasteiger partial charge on any atom is -0.369 e. The molecule has 1 aliphatic rings. The predicted octanol–water partition coefficient (Wildman–Crippen LogP) is 2.31. The second kappa shape index (κ2) is 7.20. The van der Waals surface area contributed by atoms with Crippen molar-refractivity contribution in [2.45, 2.75) is 29.8 Å². The Labute approximate surface area is 159 Å². The van der Waals surface area contributed by atoms with Gasteiger partial charge in [0.05, 0.1) is 6.42 Å². The minimum atomic E-state index is -0.347. The van der Waals surface area contributed by atoms with Crippen LogP contribution in [0.25, 0.3) is 5.52 Å². The van der Waals surface area contributed by atoms with Crippen molar-refractivity contribution in [3.8, 4) is 0 Å². The van der Waals surface area contributed by atoms with Crippen LogP contribution in [0.1, 0.15) is 18.9 Å². The molecule has 0 bridgehead atoms. The zero-order chi connectivity index (χ0) is 18.8. The number of hydrogen-bond donors (Lipinski definition) is 2. The molecule has 0 saturated heterocycles. The second-order valence-corrected chi connectivity index (χ2v) is 7.18. The van der Waals surface area contributed by atoms with Crippen LogP contribution in [0.5, 0.6) is 0 Å². The van der Waals surface area contributed by atoms with E-state index in [2.05, 4.69) is 25.6 Å². The number of nitrogens with zero attached hydrogens (tertiary/aromatic N) is 5. The molecule has 0 saturated carbocycles. The highest BCUT2D eigenvalue weighted by molar-refractivity contribution is 7.99. The predicted molar refractivity (Wildman–Crippen MR) is 104 cm³/mol. The summed E-state index contributed by atoms with van der Waals surface area (Å²) in [6.45, 7) is 1.95. The Morgan fingerprint density at radius 2 is 2.15 bits per heavy atom. The SMILES string of the molecule is CC1=NNC(=Nc2nc(Sc3ccc(CC(N)=O)cc3)nn3cccc23)C1. The summed E-state index contributed by atoms with van der Waals surface area (Å²) in [5.74, 6) is 1.01. The number of benzene rings is 1. The number of fused-ring (bicyclic) bond motifs is 1.